The van der Waals surface area contributed by atoms with Crippen LogP contribution in [-0.2, 0) is 6.61 Å². The normalized spacial score (nSPS) is 10.1. The lowest BCUT2D eigenvalue weighted by atomic mass is 10.1. The van der Waals surface area contributed by atoms with E-state index in [1.807, 2.05) is 0 Å². The van der Waals surface area contributed by atoms with Crippen LogP contribution in [0.15, 0.2) is 28.9 Å². The summed E-state index contributed by atoms with van der Waals surface area (Å²) in [4.78, 5) is 21.2. The molecule has 0 aliphatic carbocycles. The predicted octanol–water partition coefficient (Wildman–Crippen LogP) is 1.87. The van der Waals surface area contributed by atoms with Gasteiger partial charge in [0.1, 0.15) is 12.2 Å². The zero-order chi connectivity index (χ0) is 15.4. The summed E-state index contributed by atoms with van der Waals surface area (Å²) >= 11 is 0. The summed E-state index contributed by atoms with van der Waals surface area (Å²) in [5, 5.41) is 23.4. The Balaban J connectivity index is 2.37. The molecule has 2 rings (SSSR count). The van der Waals surface area contributed by atoms with Gasteiger partial charge in [0.25, 0.3) is 5.69 Å². The summed E-state index contributed by atoms with van der Waals surface area (Å²) in [5.74, 6) is -0.924. The van der Waals surface area contributed by atoms with E-state index in [2.05, 4.69) is 5.16 Å². The average molecular weight is 294 g/mol. The first-order valence-electron chi connectivity index (χ1n) is 5.65. The summed E-state index contributed by atoms with van der Waals surface area (Å²) in [6.45, 7) is -0.0278. The van der Waals surface area contributed by atoms with Gasteiger partial charge in [-0.05, 0) is 0 Å². The molecule has 21 heavy (non-hydrogen) atoms. The molecule has 1 N–H and O–H groups in total. The molecule has 1 aromatic heterocycles. The van der Waals surface area contributed by atoms with Crippen LogP contribution in [0.25, 0.3) is 0 Å². The maximum Gasteiger partial charge on any atom is 0.342 e. The minimum atomic E-state index is -1.43. The van der Waals surface area contributed by atoms with Crippen molar-refractivity contribution in [3.63, 3.8) is 0 Å². The van der Waals surface area contributed by atoms with E-state index in [0.717, 1.165) is 12.1 Å². The number of ether oxygens (including phenoxy) is 2. The molecule has 0 bridgehead atoms. The molecule has 110 valence electrons. The minimum absolute atomic E-state index is 0.0278. The van der Waals surface area contributed by atoms with Crippen molar-refractivity contribution in [2.45, 2.75) is 6.61 Å². The summed E-state index contributed by atoms with van der Waals surface area (Å²) in [6.07, 6.45) is 1.42. The van der Waals surface area contributed by atoms with Crippen LogP contribution in [-0.4, -0.2) is 28.3 Å². The van der Waals surface area contributed by atoms with Crippen LogP contribution in [0.4, 0.5) is 5.69 Å². The standard InChI is InChI=1S/C12H10N2O7/c1-19-10-4-8(12(15)16)9(14(17)18)5-11(10)20-6-7-2-3-13-21-7/h2-5H,6H2,1H3,(H,15,16). The number of aromatic nitrogens is 1. The summed E-state index contributed by atoms with van der Waals surface area (Å²) in [5.41, 5.74) is -1.07. The van der Waals surface area contributed by atoms with Crippen LogP contribution in [0.5, 0.6) is 11.5 Å². The molecule has 1 heterocycles. The van der Waals surface area contributed by atoms with Crippen molar-refractivity contribution in [3.8, 4) is 11.5 Å². The first kappa shape index (κ1) is 14.3. The van der Waals surface area contributed by atoms with Crippen LogP contribution in [0.1, 0.15) is 16.1 Å². The number of carbonyl (C=O) groups is 1. The van der Waals surface area contributed by atoms with Crippen molar-refractivity contribution in [2.75, 3.05) is 7.11 Å². The van der Waals surface area contributed by atoms with Crippen molar-refractivity contribution >= 4 is 11.7 Å². The van der Waals surface area contributed by atoms with Gasteiger partial charge in [-0.15, -0.1) is 0 Å². The molecule has 0 amide bonds. The van der Waals surface area contributed by atoms with Crippen LogP contribution < -0.4 is 9.47 Å². The molecule has 0 aliphatic heterocycles. The van der Waals surface area contributed by atoms with Gasteiger partial charge in [-0.2, -0.15) is 0 Å². The molecular formula is C12H10N2O7. The maximum absolute atomic E-state index is 11.0. The minimum Gasteiger partial charge on any atom is -0.493 e. The van der Waals surface area contributed by atoms with E-state index in [0.29, 0.717) is 5.76 Å². The zero-order valence-corrected chi connectivity index (χ0v) is 10.8. The third-order valence-corrected chi connectivity index (χ3v) is 2.57. The number of nitrogens with zero attached hydrogens (tertiary/aromatic N) is 2. The van der Waals surface area contributed by atoms with Gasteiger partial charge in [-0.25, -0.2) is 4.79 Å². The van der Waals surface area contributed by atoms with Crippen molar-refractivity contribution in [1.29, 1.82) is 0 Å². The molecule has 0 saturated carbocycles. The quantitative estimate of drug-likeness (QED) is 0.632. The highest BCUT2D eigenvalue weighted by atomic mass is 16.6. The molecule has 1 aromatic carbocycles. The number of carboxylic acids is 1. The number of methoxy groups -OCH3 is 1. The number of hydrogen-bond donors (Lipinski definition) is 1. The molecule has 0 fully saturated rings. The fraction of sp³-hybridized carbons (Fsp3) is 0.167. The van der Waals surface area contributed by atoms with Gasteiger partial charge in [0.2, 0.25) is 0 Å². The second-order valence-corrected chi connectivity index (χ2v) is 3.85. The molecule has 0 spiro atoms. The number of carboxylic acid groups (broad SMARTS) is 1. The molecule has 9 nitrogen and oxygen atoms in total. The average Bonchev–Trinajstić information content (AvgIpc) is 2.97. The Morgan fingerprint density at radius 2 is 2.24 bits per heavy atom. The van der Waals surface area contributed by atoms with Crippen molar-refractivity contribution in [3.05, 3.63) is 45.8 Å². The second kappa shape index (κ2) is 5.90. The van der Waals surface area contributed by atoms with Gasteiger partial charge in [-0.1, -0.05) is 5.16 Å². The van der Waals surface area contributed by atoms with Crippen molar-refractivity contribution < 1.29 is 28.8 Å². The van der Waals surface area contributed by atoms with E-state index in [4.69, 9.17) is 19.1 Å². The number of benzene rings is 1. The highest BCUT2D eigenvalue weighted by Gasteiger charge is 2.24. The molecule has 9 heteroatoms. The molecular weight excluding hydrogens is 284 g/mol. The molecule has 0 atom stereocenters. The third-order valence-electron chi connectivity index (χ3n) is 2.57. The zero-order valence-electron chi connectivity index (χ0n) is 10.8. The highest BCUT2D eigenvalue weighted by Crippen LogP contribution is 2.35. The maximum atomic E-state index is 11.0. The third kappa shape index (κ3) is 3.08. The van der Waals surface area contributed by atoms with Gasteiger partial charge in [-0.3, -0.25) is 10.1 Å². The first-order valence-corrected chi connectivity index (χ1v) is 5.65. The lowest BCUT2D eigenvalue weighted by Gasteiger charge is -2.10. The molecule has 0 unspecified atom stereocenters. The van der Waals surface area contributed by atoms with E-state index in [1.165, 1.54) is 13.3 Å². The monoisotopic (exact) mass is 294 g/mol. The van der Waals surface area contributed by atoms with E-state index in [9.17, 15) is 14.9 Å². The topological polar surface area (TPSA) is 125 Å². The van der Waals surface area contributed by atoms with Crippen LogP contribution in [0.3, 0.4) is 0 Å². The Bertz CT molecular complexity index is 666. The lowest BCUT2D eigenvalue weighted by molar-refractivity contribution is -0.385. The number of nitro benzene ring substituents is 1. The lowest BCUT2D eigenvalue weighted by Crippen LogP contribution is -2.05. The van der Waals surface area contributed by atoms with Crippen LogP contribution in [0.2, 0.25) is 0 Å². The van der Waals surface area contributed by atoms with E-state index >= 15 is 0 Å². The van der Waals surface area contributed by atoms with Crippen LogP contribution >= 0.6 is 0 Å². The van der Waals surface area contributed by atoms with Crippen LogP contribution in [0, 0.1) is 10.1 Å². The Morgan fingerprint density at radius 3 is 2.76 bits per heavy atom. The fourth-order valence-electron chi connectivity index (χ4n) is 1.61. The Hall–Kier alpha value is -3.10. The molecule has 0 saturated heterocycles. The fourth-order valence-corrected chi connectivity index (χ4v) is 1.61. The van der Waals surface area contributed by atoms with Gasteiger partial charge in [0.15, 0.2) is 17.3 Å². The summed E-state index contributed by atoms with van der Waals surface area (Å²) in [6, 6.07) is 3.60. The van der Waals surface area contributed by atoms with E-state index in [1.54, 1.807) is 6.07 Å². The predicted molar refractivity (Wildman–Crippen MR) is 67.4 cm³/mol. The van der Waals surface area contributed by atoms with Gasteiger partial charge < -0.3 is 19.1 Å². The number of hydrogen-bond acceptors (Lipinski definition) is 7. The first-order chi connectivity index (χ1) is 10.0. The number of nitro groups is 1. The Morgan fingerprint density at radius 1 is 1.48 bits per heavy atom. The largest absolute Gasteiger partial charge is 0.493 e. The second-order valence-electron chi connectivity index (χ2n) is 3.85. The Kier molecular flexibility index (Phi) is 4.02. The van der Waals surface area contributed by atoms with Gasteiger partial charge in [0.05, 0.1) is 24.3 Å². The van der Waals surface area contributed by atoms with Gasteiger partial charge in [0, 0.05) is 12.1 Å². The molecule has 2 aromatic rings. The van der Waals surface area contributed by atoms with Crippen molar-refractivity contribution in [2.24, 2.45) is 0 Å². The van der Waals surface area contributed by atoms with Crippen molar-refractivity contribution in [1.82, 2.24) is 5.16 Å². The van der Waals surface area contributed by atoms with E-state index < -0.39 is 22.1 Å². The molecule has 0 aliphatic rings. The number of aromatic carboxylic acids is 1. The highest BCUT2D eigenvalue weighted by molar-refractivity contribution is 5.93. The summed E-state index contributed by atoms with van der Waals surface area (Å²) in [7, 11) is 1.30. The Labute approximate surface area is 117 Å². The molecule has 0 radical (unpaired) electrons. The number of rotatable bonds is 6. The summed E-state index contributed by atoms with van der Waals surface area (Å²) < 4.78 is 15.2. The SMILES string of the molecule is COc1cc(C(=O)O)c([N+](=O)[O-])cc1OCc1ccno1. The smallest absolute Gasteiger partial charge is 0.342 e. The van der Waals surface area contributed by atoms with Gasteiger partial charge >= 0.3 is 5.97 Å². The van der Waals surface area contributed by atoms with E-state index in [-0.39, 0.29) is 18.1 Å².